The topological polar surface area (TPSA) is 153 Å². The molecule has 1 aliphatic rings. The van der Waals surface area contributed by atoms with Crippen LogP contribution in [0.25, 0.3) is 0 Å². The number of nitrogens with zero attached hydrogens (tertiary/aromatic N) is 2. The molecule has 0 spiro atoms. The Morgan fingerprint density at radius 2 is 2.00 bits per heavy atom. The van der Waals surface area contributed by atoms with Gasteiger partial charge in [-0.3, -0.25) is 29.6 Å². The molecule has 0 aromatic rings. The molecule has 0 unspecified atom stereocenters. The molecule has 108 valence electrons. The van der Waals surface area contributed by atoms with E-state index in [1.54, 1.807) is 0 Å². The van der Waals surface area contributed by atoms with Crippen molar-refractivity contribution in [1.29, 1.82) is 0 Å². The monoisotopic (exact) mass is 285 g/mol. The Morgan fingerprint density at radius 1 is 1.40 bits per heavy atom. The SMILES string of the molecule is CN1C(=O)NC(=O)[C@H](C=N[C@H](CC(=O)O)C(=O)O)C1=O. The average molecular weight is 285 g/mol. The van der Waals surface area contributed by atoms with Crippen LogP contribution in [-0.4, -0.2) is 64.2 Å². The number of barbiturate groups is 1. The van der Waals surface area contributed by atoms with E-state index in [1.807, 2.05) is 5.32 Å². The van der Waals surface area contributed by atoms with Gasteiger partial charge in [-0.2, -0.15) is 0 Å². The van der Waals surface area contributed by atoms with Crippen LogP contribution in [0.3, 0.4) is 0 Å². The molecule has 0 saturated carbocycles. The molecule has 0 aliphatic carbocycles. The molecule has 0 aromatic carbocycles. The summed E-state index contributed by atoms with van der Waals surface area (Å²) in [4.78, 5) is 59.5. The molecule has 20 heavy (non-hydrogen) atoms. The first-order chi connectivity index (χ1) is 9.23. The second kappa shape index (κ2) is 5.91. The second-order valence-electron chi connectivity index (χ2n) is 3.92. The first kappa shape index (κ1) is 15.3. The highest BCUT2D eigenvalue weighted by atomic mass is 16.4. The number of rotatable bonds is 5. The first-order valence-electron chi connectivity index (χ1n) is 5.34. The molecule has 0 bridgehead atoms. The third-order valence-electron chi connectivity index (χ3n) is 2.48. The molecule has 1 saturated heterocycles. The molecule has 1 aliphatic heterocycles. The molecule has 10 nitrogen and oxygen atoms in total. The minimum Gasteiger partial charge on any atom is -0.481 e. The number of hydrogen-bond donors (Lipinski definition) is 3. The Balaban J connectivity index is 2.88. The van der Waals surface area contributed by atoms with Crippen molar-refractivity contribution < 1.29 is 34.2 Å². The fourth-order valence-electron chi connectivity index (χ4n) is 1.38. The van der Waals surface area contributed by atoms with Crippen molar-refractivity contribution in [2.75, 3.05) is 7.05 Å². The highest BCUT2D eigenvalue weighted by Gasteiger charge is 2.37. The van der Waals surface area contributed by atoms with Crippen LogP contribution in [0.2, 0.25) is 0 Å². The van der Waals surface area contributed by atoms with Gasteiger partial charge in [-0.15, -0.1) is 0 Å². The Hall–Kier alpha value is -2.78. The van der Waals surface area contributed by atoms with Gasteiger partial charge in [0.2, 0.25) is 11.8 Å². The minimum absolute atomic E-state index is 0.644. The van der Waals surface area contributed by atoms with E-state index in [2.05, 4.69) is 4.99 Å². The maximum Gasteiger partial charge on any atom is 0.330 e. The van der Waals surface area contributed by atoms with Crippen molar-refractivity contribution in [1.82, 2.24) is 10.2 Å². The van der Waals surface area contributed by atoms with Crippen molar-refractivity contribution in [3.05, 3.63) is 0 Å². The summed E-state index contributed by atoms with van der Waals surface area (Å²) in [7, 11) is 1.14. The van der Waals surface area contributed by atoms with Gasteiger partial charge in [-0.25, -0.2) is 9.59 Å². The Morgan fingerprint density at radius 3 is 2.50 bits per heavy atom. The van der Waals surface area contributed by atoms with Gasteiger partial charge in [0.1, 0.15) is 0 Å². The molecule has 4 amide bonds. The number of carbonyl (C=O) groups is 5. The second-order valence-corrected chi connectivity index (χ2v) is 3.92. The van der Waals surface area contributed by atoms with E-state index in [1.165, 1.54) is 0 Å². The maximum absolute atomic E-state index is 11.6. The van der Waals surface area contributed by atoms with Crippen molar-refractivity contribution in [3.63, 3.8) is 0 Å². The minimum atomic E-state index is -1.61. The lowest BCUT2D eigenvalue weighted by Gasteiger charge is -2.25. The van der Waals surface area contributed by atoms with E-state index in [4.69, 9.17) is 10.2 Å². The van der Waals surface area contributed by atoms with Crippen molar-refractivity contribution in [3.8, 4) is 0 Å². The first-order valence-corrected chi connectivity index (χ1v) is 5.34. The maximum atomic E-state index is 11.6. The van der Waals surface area contributed by atoms with Crippen LogP contribution in [0.5, 0.6) is 0 Å². The normalized spacial score (nSPS) is 20.9. The van der Waals surface area contributed by atoms with Gasteiger partial charge in [0.05, 0.1) is 6.42 Å². The highest BCUT2D eigenvalue weighted by Crippen LogP contribution is 2.08. The standard InChI is InChI=1S/C10H11N3O7/c1-13-8(17)4(7(16)12-10(13)20)3-11-5(9(18)19)2-6(14)15/h3-5H,2H2,1H3,(H,14,15)(H,18,19)(H,12,16,20)/t4-,5+/m0/s1. The van der Waals surface area contributed by atoms with E-state index in [0.29, 0.717) is 4.90 Å². The summed E-state index contributed by atoms with van der Waals surface area (Å²) in [5.74, 6) is -6.17. The molecular weight excluding hydrogens is 274 g/mol. The molecule has 0 radical (unpaired) electrons. The van der Waals surface area contributed by atoms with Crippen LogP contribution < -0.4 is 5.32 Å². The fraction of sp³-hybridized carbons (Fsp3) is 0.400. The zero-order chi connectivity index (χ0) is 15.4. The van der Waals surface area contributed by atoms with Gasteiger partial charge >= 0.3 is 18.0 Å². The zero-order valence-electron chi connectivity index (χ0n) is 10.3. The Bertz CT molecular complexity index is 513. The Labute approximate surface area is 112 Å². The number of carboxylic acids is 2. The van der Waals surface area contributed by atoms with Gasteiger partial charge in [0.15, 0.2) is 12.0 Å². The van der Waals surface area contributed by atoms with Crippen molar-refractivity contribution in [2.24, 2.45) is 10.9 Å². The van der Waals surface area contributed by atoms with Crippen molar-refractivity contribution in [2.45, 2.75) is 12.5 Å². The molecular formula is C10H11N3O7. The number of aliphatic carboxylic acids is 2. The smallest absolute Gasteiger partial charge is 0.330 e. The average Bonchev–Trinajstić information content (AvgIpc) is 2.33. The highest BCUT2D eigenvalue weighted by molar-refractivity contribution is 6.23. The summed E-state index contributed by atoms with van der Waals surface area (Å²) in [6, 6.07) is -2.51. The summed E-state index contributed by atoms with van der Waals surface area (Å²) in [6.45, 7) is 0. The summed E-state index contributed by atoms with van der Waals surface area (Å²) < 4.78 is 0. The number of carboxylic acid groups (broad SMARTS) is 2. The lowest BCUT2D eigenvalue weighted by Crippen LogP contribution is -2.56. The van der Waals surface area contributed by atoms with Gasteiger partial charge in [0.25, 0.3) is 0 Å². The van der Waals surface area contributed by atoms with Gasteiger partial charge in [0, 0.05) is 13.3 Å². The van der Waals surface area contributed by atoms with Gasteiger partial charge in [-0.1, -0.05) is 0 Å². The summed E-state index contributed by atoms with van der Waals surface area (Å²) in [5.41, 5.74) is 0. The fourth-order valence-corrected chi connectivity index (χ4v) is 1.38. The van der Waals surface area contributed by atoms with Crippen LogP contribution >= 0.6 is 0 Å². The number of carbonyl (C=O) groups excluding carboxylic acids is 3. The van der Waals surface area contributed by atoms with Crippen LogP contribution in [0.4, 0.5) is 4.79 Å². The number of aliphatic imine (C=N–C) groups is 1. The van der Waals surface area contributed by atoms with E-state index >= 15 is 0 Å². The summed E-state index contributed by atoms with van der Waals surface area (Å²) in [6.07, 6.45) is -0.0501. The molecule has 1 fully saturated rings. The van der Waals surface area contributed by atoms with Crippen LogP contribution in [0.15, 0.2) is 4.99 Å². The number of amides is 4. The van der Waals surface area contributed by atoms with Crippen LogP contribution in [0.1, 0.15) is 6.42 Å². The molecule has 2 atom stereocenters. The number of nitrogens with one attached hydrogen (secondary N) is 1. The quantitative estimate of drug-likeness (QED) is 0.402. The van der Waals surface area contributed by atoms with Crippen LogP contribution in [0, 0.1) is 5.92 Å². The molecule has 0 aromatic heterocycles. The van der Waals surface area contributed by atoms with E-state index < -0.39 is 48.2 Å². The molecule has 10 heteroatoms. The summed E-state index contributed by atoms with van der Waals surface area (Å²) >= 11 is 0. The molecule has 1 heterocycles. The Kier molecular flexibility index (Phi) is 4.51. The lowest BCUT2D eigenvalue weighted by molar-refractivity contribution is -0.144. The number of imide groups is 2. The van der Waals surface area contributed by atoms with E-state index in [-0.39, 0.29) is 0 Å². The third-order valence-corrected chi connectivity index (χ3v) is 2.48. The van der Waals surface area contributed by atoms with Crippen LogP contribution in [-0.2, 0) is 19.2 Å². The number of urea groups is 1. The predicted octanol–water partition coefficient (Wildman–Crippen LogP) is -1.69. The largest absolute Gasteiger partial charge is 0.481 e. The van der Waals surface area contributed by atoms with Crippen molar-refractivity contribution >= 4 is 36.0 Å². The lowest BCUT2D eigenvalue weighted by atomic mass is 10.1. The predicted molar refractivity (Wildman–Crippen MR) is 62.0 cm³/mol. The van der Waals surface area contributed by atoms with Gasteiger partial charge < -0.3 is 10.2 Å². The third kappa shape index (κ3) is 3.37. The summed E-state index contributed by atoms with van der Waals surface area (Å²) in [5, 5.41) is 19.1. The zero-order valence-corrected chi connectivity index (χ0v) is 10.3. The molecule has 3 N–H and O–H groups in total. The van der Waals surface area contributed by atoms with E-state index in [0.717, 1.165) is 13.3 Å². The van der Waals surface area contributed by atoms with E-state index in [9.17, 15) is 24.0 Å². The number of hydrogen-bond acceptors (Lipinski definition) is 6. The van der Waals surface area contributed by atoms with Gasteiger partial charge in [-0.05, 0) is 0 Å². The molecule has 1 rings (SSSR count).